The summed E-state index contributed by atoms with van der Waals surface area (Å²) in [5, 5.41) is 3.33. The van der Waals surface area contributed by atoms with E-state index in [4.69, 9.17) is 4.52 Å². The standard InChI is InChI=1S/C22H50NO3P/c1-3-5-7-9-11-12-13-14-15-17-19-23-20-22-27(24,25)26-21-18-16-10-8-6-4-2/h23-25,27H,3-22H2,1-2H3. The molecule has 0 rings (SSSR count). The predicted molar refractivity (Wildman–Crippen MR) is 122 cm³/mol. The molecule has 0 fully saturated rings. The van der Waals surface area contributed by atoms with Crippen LogP contribution in [-0.4, -0.2) is 35.6 Å². The Labute approximate surface area is 170 Å². The van der Waals surface area contributed by atoms with E-state index in [1.165, 1.54) is 89.9 Å². The zero-order valence-electron chi connectivity index (χ0n) is 18.4. The molecule has 3 N–H and O–H groups in total. The summed E-state index contributed by atoms with van der Waals surface area (Å²) < 4.78 is 5.35. The maximum absolute atomic E-state index is 9.96. The molecule has 0 unspecified atom stereocenters. The Balaban J connectivity index is 3.28. The van der Waals surface area contributed by atoms with Crippen LogP contribution in [0.1, 0.15) is 117 Å². The van der Waals surface area contributed by atoms with Gasteiger partial charge in [-0.1, -0.05) is 19.8 Å². The van der Waals surface area contributed by atoms with Crippen LogP contribution in [0.5, 0.6) is 0 Å². The van der Waals surface area contributed by atoms with Gasteiger partial charge in [0.15, 0.2) is 0 Å². The molecule has 0 atom stereocenters. The quantitative estimate of drug-likeness (QED) is 0.144. The Morgan fingerprint density at radius 2 is 1.04 bits per heavy atom. The second-order valence-corrected chi connectivity index (χ2v) is 10.3. The second kappa shape index (κ2) is 21.0. The SMILES string of the molecule is CCCCCCCCCCCCNCC[PH](O)(O)OCCCCCCCC. The van der Waals surface area contributed by atoms with Crippen molar-refractivity contribution in [3.05, 3.63) is 0 Å². The zero-order chi connectivity index (χ0) is 20.1. The average molecular weight is 408 g/mol. The fourth-order valence-electron chi connectivity index (χ4n) is 3.30. The van der Waals surface area contributed by atoms with Crippen molar-refractivity contribution < 1.29 is 14.3 Å². The van der Waals surface area contributed by atoms with Gasteiger partial charge in [0.2, 0.25) is 0 Å². The Morgan fingerprint density at radius 1 is 0.593 bits per heavy atom. The predicted octanol–water partition coefficient (Wildman–Crippen LogP) is 6.35. The van der Waals surface area contributed by atoms with Crippen LogP contribution in [0.4, 0.5) is 0 Å². The second-order valence-electron chi connectivity index (χ2n) is 8.04. The molecular weight excluding hydrogens is 357 g/mol. The third kappa shape index (κ3) is 22.4. The van der Waals surface area contributed by atoms with Crippen molar-refractivity contribution >= 4 is 7.94 Å². The molecule has 0 radical (unpaired) electrons. The molecule has 166 valence electrons. The molecule has 0 aliphatic carbocycles. The summed E-state index contributed by atoms with van der Waals surface area (Å²) in [7, 11) is -3.44. The first-order chi connectivity index (χ1) is 13.1. The molecule has 0 aliphatic rings. The van der Waals surface area contributed by atoms with Crippen molar-refractivity contribution in [3.63, 3.8) is 0 Å². The van der Waals surface area contributed by atoms with Crippen LogP contribution >= 0.6 is 7.94 Å². The Bertz CT molecular complexity index is 291. The zero-order valence-corrected chi connectivity index (χ0v) is 19.4. The Hall–Kier alpha value is 0.270. The fourth-order valence-corrected chi connectivity index (χ4v) is 4.42. The number of nitrogens with one attached hydrogen (secondary N) is 1. The first-order valence-corrected chi connectivity index (χ1v) is 13.9. The molecule has 0 spiro atoms. The topological polar surface area (TPSA) is 61.7 Å². The van der Waals surface area contributed by atoms with Gasteiger partial charge in [0.1, 0.15) is 0 Å². The van der Waals surface area contributed by atoms with E-state index < -0.39 is 7.94 Å². The third-order valence-corrected chi connectivity index (χ3v) is 6.73. The van der Waals surface area contributed by atoms with Gasteiger partial charge in [-0.3, -0.25) is 0 Å². The first-order valence-electron chi connectivity index (χ1n) is 11.9. The van der Waals surface area contributed by atoms with Gasteiger partial charge in [0, 0.05) is 0 Å². The van der Waals surface area contributed by atoms with Crippen molar-refractivity contribution in [1.29, 1.82) is 0 Å². The van der Waals surface area contributed by atoms with Crippen molar-refractivity contribution in [1.82, 2.24) is 5.32 Å². The van der Waals surface area contributed by atoms with E-state index in [1.807, 2.05) is 0 Å². The fraction of sp³-hybridized carbons (Fsp3) is 1.00. The van der Waals surface area contributed by atoms with Gasteiger partial charge < -0.3 is 0 Å². The molecule has 0 bridgehead atoms. The summed E-state index contributed by atoms with van der Waals surface area (Å²) in [5.41, 5.74) is 0. The summed E-state index contributed by atoms with van der Waals surface area (Å²) >= 11 is 0. The first kappa shape index (κ1) is 27.3. The molecule has 0 saturated carbocycles. The van der Waals surface area contributed by atoms with Crippen molar-refractivity contribution in [2.24, 2.45) is 0 Å². The van der Waals surface area contributed by atoms with Crippen molar-refractivity contribution in [2.45, 2.75) is 117 Å². The van der Waals surface area contributed by atoms with Gasteiger partial charge in [-0.15, -0.1) is 0 Å². The van der Waals surface area contributed by atoms with Gasteiger partial charge in [-0.2, -0.15) is 0 Å². The average Bonchev–Trinajstić information content (AvgIpc) is 2.64. The molecule has 0 heterocycles. The van der Waals surface area contributed by atoms with Gasteiger partial charge in [-0.05, 0) is 0 Å². The molecule has 4 nitrogen and oxygen atoms in total. The van der Waals surface area contributed by atoms with Crippen molar-refractivity contribution in [2.75, 3.05) is 25.9 Å². The summed E-state index contributed by atoms with van der Waals surface area (Å²) in [6.45, 7) is 6.58. The molecule has 0 aromatic heterocycles. The molecule has 0 amide bonds. The van der Waals surface area contributed by atoms with Crippen LogP contribution < -0.4 is 5.32 Å². The van der Waals surface area contributed by atoms with E-state index in [-0.39, 0.29) is 0 Å². The van der Waals surface area contributed by atoms with Crippen LogP contribution in [0.2, 0.25) is 0 Å². The number of unbranched alkanes of at least 4 members (excludes halogenated alkanes) is 14. The van der Waals surface area contributed by atoms with Gasteiger partial charge >= 0.3 is 150 Å². The van der Waals surface area contributed by atoms with E-state index in [9.17, 15) is 9.79 Å². The van der Waals surface area contributed by atoms with Gasteiger partial charge in [0.05, 0.1) is 0 Å². The van der Waals surface area contributed by atoms with E-state index in [0.29, 0.717) is 19.3 Å². The van der Waals surface area contributed by atoms with E-state index in [0.717, 1.165) is 19.4 Å². The van der Waals surface area contributed by atoms with E-state index in [1.54, 1.807) is 0 Å². The molecular formula is C22H50NO3P. The maximum atomic E-state index is 9.96. The molecule has 27 heavy (non-hydrogen) atoms. The molecule has 0 aliphatic heterocycles. The number of hydrogen-bond acceptors (Lipinski definition) is 4. The summed E-state index contributed by atoms with van der Waals surface area (Å²) in [6, 6.07) is 0. The van der Waals surface area contributed by atoms with Crippen molar-refractivity contribution in [3.8, 4) is 0 Å². The van der Waals surface area contributed by atoms with Crippen LogP contribution in [0, 0.1) is 0 Å². The molecule has 5 heteroatoms. The molecule has 0 aromatic carbocycles. The van der Waals surface area contributed by atoms with E-state index >= 15 is 0 Å². The monoisotopic (exact) mass is 407 g/mol. The normalized spacial score (nSPS) is 12.6. The third-order valence-electron chi connectivity index (χ3n) is 5.17. The van der Waals surface area contributed by atoms with E-state index in [2.05, 4.69) is 19.2 Å². The molecule has 0 saturated heterocycles. The molecule has 0 aromatic rings. The summed E-state index contributed by atoms with van der Waals surface area (Å²) in [5.74, 6) is 0. The number of hydrogen-bond donors (Lipinski definition) is 3. The minimum absolute atomic E-state index is 0.362. The van der Waals surface area contributed by atoms with Crippen LogP contribution in [0.3, 0.4) is 0 Å². The van der Waals surface area contributed by atoms with Crippen LogP contribution in [0.25, 0.3) is 0 Å². The Kier molecular flexibility index (Phi) is 21.2. The summed E-state index contributed by atoms with van der Waals surface area (Å²) in [6.07, 6.45) is 20.9. The van der Waals surface area contributed by atoms with Crippen LogP contribution in [0.15, 0.2) is 0 Å². The Morgan fingerprint density at radius 3 is 1.56 bits per heavy atom. The summed E-state index contributed by atoms with van der Waals surface area (Å²) in [4.78, 5) is 19.9. The van der Waals surface area contributed by atoms with Gasteiger partial charge in [-0.25, -0.2) is 0 Å². The number of rotatable bonds is 22. The van der Waals surface area contributed by atoms with Gasteiger partial charge in [0.25, 0.3) is 0 Å². The van der Waals surface area contributed by atoms with Crippen LogP contribution in [-0.2, 0) is 4.52 Å². The minimum atomic E-state index is -3.44.